The number of thiophene rings is 1. The van der Waals surface area contributed by atoms with E-state index >= 15 is 0 Å². The first kappa shape index (κ1) is 13.8. The van der Waals surface area contributed by atoms with Gasteiger partial charge in [0.25, 0.3) is 0 Å². The minimum Gasteiger partial charge on any atom is -0.324 e. The predicted molar refractivity (Wildman–Crippen MR) is 86.8 cm³/mol. The van der Waals surface area contributed by atoms with Crippen LogP contribution in [0.5, 0.6) is 0 Å². The second kappa shape index (κ2) is 6.02. The first-order chi connectivity index (χ1) is 8.06. The van der Waals surface area contributed by atoms with Crippen molar-refractivity contribution in [2.75, 3.05) is 0 Å². The largest absolute Gasteiger partial charge is 0.324 e. The zero-order valence-electron chi connectivity index (χ0n) is 8.79. The van der Waals surface area contributed by atoms with Crippen molar-refractivity contribution in [2.24, 2.45) is 5.73 Å². The molecule has 0 amide bonds. The lowest BCUT2D eigenvalue weighted by Crippen LogP contribution is -2.12. The summed E-state index contributed by atoms with van der Waals surface area (Å²) in [6.45, 7) is 0. The van der Waals surface area contributed by atoms with Gasteiger partial charge in [0.05, 0.1) is 5.02 Å². The molecule has 1 unspecified atom stereocenters. The van der Waals surface area contributed by atoms with E-state index in [1.807, 2.05) is 18.2 Å². The van der Waals surface area contributed by atoms with E-state index in [2.05, 4.69) is 50.0 Å². The Bertz CT molecular complexity index is 529. The maximum absolute atomic E-state index is 6.19. The zero-order chi connectivity index (χ0) is 12.4. The van der Waals surface area contributed by atoms with Gasteiger partial charge in [0.15, 0.2) is 0 Å². The van der Waals surface area contributed by atoms with E-state index in [0.29, 0.717) is 0 Å². The van der Waals surface area contributed by atoms with Gasteiger partial charge in [0, 0.05) is 30.8 Å². The smallest absolute Gasteiger partial charge is 0.0542 e. The molecule has 1 heterocycles. The highest BCUT2D eigenvalue weighted by Gasteiger charge is 2.10. The van der Waals surface area contributed by atoms with E-state index in [1.165, 1.54) is 4.88 Å². The Kier molecular flexibility index (Phi) is 4.88. The second-order valence-electron chi connectivity index (χ2n) is 3.72. The Morgan fingerprint density at radius 1 is 1.41 bits per heavy atom. The lowest BCUT2D eigenvalue weighted by molar-refractivity contribution is 0.730. The molecule has 1 atom stereocenters. The van der Waals surface area contributed by atoms with Crippen LogP contribution in [0.3, 0.4) is 0 Å². The monoisotopic (exact) mass is 441 g/mol. The van der Waals surface area contributed by atoms with Gasteiger partial charge in [-0.3, -0.25) is 0 Å². The van der Waals surface area contributed by atoms with Gasteiger partial charge in [-0.05, 0) is 62.3 Å². The van der Waals surface area contributed by atoms with Gasteiger partial charge in [-0.15, -0.1) is 11.3 Å². The van der Waals surface area contributed by atoms with Gasteiger partial charge in [0.1, 0.15) is 0 Å². The Balaban J connectivity index is 2.14. The topological polar surface area (TPSA) is 26.0 Å². The quantitative estimate of drug-likeness (QED) is 0.665. The van der Waals surface area contributed by atoms with Crippen molar-refractivity contribution in [3.8, 4) is 0 Å². The number of benzene rings is 1. The van der Waals surface area contributed by atoms with E-state index in [-0.39, 0.29) is 6.04 Å². The SMILES string of the molecule is NC(Cc1cc(Br)cs1)c1ccc(I)c(Cl)c1. The van der Waals surface area contributed by atoms with Gasteiger partial charge >= 0.3 is 0 Å². The molecule has 5 heteroatoms. The van der Waals surface area contributed by atoms with Gasteiger partial charge < -0.3 is 5.73 Å². The first-order valence-corrected chi connectivity index (χ1v) is 8.12. The van der Waals surface area contributed by atoms with Crippen LogP contribution < -0.4 is 5.73 Å². The Morgan fingerprint density at radius 3 is 2.76 bits per heavy atom. The Hall–Kier alpha value is 0.380. The molecule has 0 spiro atoms. The summed E-state index contributed by atoms with van der Waals surface area (Å²) in [5.41, 5.74) is 7.27. The van der Waals surface area contributed by atoms with Gasteiger partial charge in [0.2, 0.25) is 0 Å². The lowest BCUT2D eigenvalue weighted by Gasteiger charge is -2.11. The summed E-state index contributed by atoms with van der Waals surface area (Å²) in [6.07, 6.45) is 0.840. The highest BCUT2D eigenvalue weighted by atomic mass is 127. The molecule has 90 valence electrons. The molecule has 0 saturated carbocycles. The number of hydrogen-bond acceptors (Lipinski definition) is 2. The molecule has 0 aliphatic rings. The molecule has 1 aromatic heterocycles. The van der Waals surface area contributed by atoms with E-state index < -0.39 is 0 Å². The van der Waals surface area contributed by atoms with Crippen LogP contribution in [0.4, 0.5) is 0 Å². The van der Waals surface area contributed by atoms with Crippen molar-refractivity contribution >= 4 is 61.5 Å². The van der Waals surface area contributed by atoms with Crippen LogP contribution in [0, 0.1) is 3.57 Å². The van der Waals surface area contributed by atoms with Crippen molar-refractivity contribution in [3.05, 3.63) is 53.2 Å². The fourth-order valence-corrected chi connectivity index (χ4v) is 3.57. The zero-order valence-corrected chi connectivity index (χ0v) is 14.1. The lowest BCUT2D eigenvalue weighted by atomic mass is 10.0. The summed E-state index contributed by atoms with van der Waals surface area (Å²) in [4.78, 5) is 1.28. The molecule has 2 aromatic rings. The third kappa shape index (κ3) is 3.67. The molecule has 0 saturated heterocycles. The number of hydrogen-bond donors (Lipinski definition) is 1. The highest BCUT2D eigenvalue weighted by Crippen LogP contribution is 2.27. The molecule has 17 heavy (non-hydrogen) atoms. The number of halogens is 3. The number of nitrogens with two attached hydrogens (primary N) is 1. The van der Waals surface area contributed by atoms with Crippen LogP contribution in [0.2, 0.25) is 5.02 Å². The minimum atomic E-state index is -0.00458. The van der Waals surface area contributed by atoms with Crippen molar-refractivity contribution in [1.29, 1.82) is 0 Å². The molecule has 0 bridgehead atoms. The van der Waals surface area contributed by atoms with Gasteiger partial charge in [-0.1, -0.05) is 17.7 Å². The van der Waals surface area contributed by atoms with E-state index in [0.717, 1.165) is 25.0 Å². The summed E-state index contributed by atoms with van der Waals surface area (Å²) in [5, 5.41) is 2.84. The summed E-state index contributed by atoms with van der Waals surface area (Å²) in [6, 6.07) is 8.11. The van der Waals surface area contributed by atoms with Crippen LogP contribution in [0.25, 0.3) is 0 Å². The van der Waals surface area contributed by atoms with Crippen molar-refractivity contribution in [1.82, 2.24) is 0 Å². The average Bonchev–Trinajstić information content (AvgIpc) is 2.68. The fourth-order valence-electron chi connectivity index (χ4n) is 1.54. The molecule has 0 radical (unpaired) electrons. The molecule has 2 rings (SSSR count). The standard InChI is InChI=1S/C12H10BrClINS/c13-8-4-9(17-6-8)5-12(16)7-1-2-11(15)10(14)3-7/h1-4,6,12H,5,16H2. The second-order valence-corrected chi connectivity index (χ2v) is 7.20. The molecular weight excluding hydrogens is 432 g/mol. The van der Waals surface area contributed by atoms with Crippen LogP contribution in [0.15, 0.2) is 34.1 Å². The summed E-state index contributed by atoms with van der Waals surface area (Å²) in [7, 11) is 0. The van der Waals surface area contributed by atoms with E-state index in [9.17, 15) is 0 Å². The third-order valence-corrected chi connectivity index (χ3v) is 5.71. The predicted octanol–water partition coefficient (Wildman–Crippen LogP) is 5.01. The molecule has 0 fully saturated rings. The van der Waals surface area contributed by atoms with Crippen LogP contribution in [-0.4, -0.2) is 0 Å². The van der Waals surface area contributed by atoms with Gasteiger partial charge in [-0.2, -0.15) is 0 Å². The van der Waals surface area contributed by atoms with Crippen LogP contribution in [0.1, 0.15) is 16.5 Å². The van der Waals surface area contributed by atoms with Crippen molar-refractivity contribution < 1.29 is 0 Å². The molecule has 1 aromatic carbocycles. The van der Waals surface area contributed by atoms with Crippen LogP contribution in [-0.2, 0) is 6.42 Å². The van der Waals surface area contributed by atoms with Gasteiger partial charge in [-0.25, -0.2) is 0 Å². The Labute approximate surface area is 132 Å². The molecule has 0 aliphatic heterocycles. The first-order valence-electron chi connectivity index (χ1n) is 4.99. The average molecular weight is 443 g/mol. The maximum atomic E-state index is 6.19. The van der Waals surface area contributed by atoms with E-state index in [4.69, 9.17) is 17.3 Å². The normalized spacial score (nSPS) is 12.7. The number of rotatable bonds is 3. The molecule has 0 aliphatic carbocycles. The molecular formula is C12H10BrClINS. The summed E-state index contributed by atoms with van der Waals surface area (Å²) >= 11 is 13.5. The summed E-state index contributed by atoms with van der Waals surface area (Å²) in [5.74, 6) is 0. The highest BCUT2D eigenvalue weighted by molar-refractivity contribution is 14.1. The third-order valence-electron chi connectivity index (χ3n) is 2.41. The summed E-state index contributed by atoms with van der Waals surface area (Å²) < 4.78 is 2.17. The van der Waals surface area contributed by atoms with Crippen LogP contribution >= 0.6 is 61.5 Å². The fraction of sp³-hybridized carbons (Fsp3) is 0.167. The minimum absolute atomic E-state index is 0.00458. The maximum Gasteiger partial charge on any atom is 0.0542 e. The molecule has 2 N–H and O–H groups in total. The van der Waals surface area contributed by atoms with E-state index in [1.54, 1.807) is 11.3 Å². The Morgan fingerprint density at radius 2 is 2.18 bits per heavy atom. The van der Waals surface area contributed by atoms with Crippen molar-refractivity contribution in [3.63, 3.8) is 0 Å². The van der Waals surface area contributed by atoms with Crippen molar-refractivity contribution in [2.45, 2.75) is 12.5 Å². The molecule has 1 nitrogen and oxygen atoms in total.